The molecule has 0 saturated heterocycles. The van der Waals surface area contributed by atoms with Crippen molar-refractivity contribution in [3.05, 3.63) is 40.7 Å². The molecule has 0 spiro atoms. The summed E-state index contributed by atoms with van der Waals surface area (Å²) in [5.74, 6) is 0.870. The van der Waals surface area contributed by atoms with Gasteiger partial charge in [-0.2, -0.15) is 0 Å². The first-order valence-corrected chi connectivity index (χ1v) is 11.3. The third kappa shape index (κ3) is 7.60. The molecule has 2 aromatic rings. The minimum atomic E-state index is 0.393. The zero-order valence-corrected chi connectivity index (χ0v) is 18.6. The van der Waals surface area contributed by atoms with Crippen LogP contribution >= 0.6 is 11.3 Å². The minimum Gasteiger partial charge on any atom is -0.357 e. The fourth-order valence-corrected chi connectivity index (χ4v) is 3.78. The normalized spacial score (nSPS) is 13.0. The molecule has 0 aliphatic rings. The Bertz CT molecular complexity index is 694. The second-order valence-corrected chi connectivity index (χ2v) is 7.84. The van der Waals surface area contributed by atoms with Crippen LogP contribution in [0, 0.1) is 0 Å². The van der Waals surface area contributed by atoms with Gasteiger partial charge >= 0.3 is 0 Å². The van der Waals surface area contributed by atoms with Crippen LogP contribution < -0.4 is 10.6 Å². The number of benzene rings is 1. The summed E-state index contributed by atoms with van der Waals surface area (Å²) >= 11 is 1.67. The Morgan fingerprint density at radius 1 is 1.18 bits per heavy atom. The summed E-state index contributed by atoms with van der Waals surface area (Å²) in [6.45, 7) is 13.6. The van der Waals surface area contributed by atoms with Crippen LogP contribution in [0.4, 0.5) is 0 Å². The molecule has 1 unspecified atom stereocenters. The molecular formula is C22H35N5S. The largest absolute Gasteiger partial charge is 0.357 e. The lowest BCUT2D eigenvalue weighted by Crippen LogP contribution is -2.42. The molecule has 0 bridgehead atoms. The first kappa shape index (κ1) is 22.4. The van der Waals surface area contributed by atoms with Gasteiger partial charge in [-0.25, -0.2) is 9.98 Å². The van der Waals surface area contributed by atoms with Gasteiger partial charge in [-0.1, -0.05) is 44.2 Å². The van der Waals surface area contributed by atoms with E-state index in [0.717, 1.165) is 54.8 Å². The van der Waals surface area contributed by atoms with Crippen molar-refractivity contribution in [1.29, 1.82) is 0 Å². The van der Waals surface area contributed by atoms with Crippen LogP contribution in [0.3, 0.4) is 0 Å². The van der Waals surface area contributed by atoms with Crippen molar-refractivity contribution in [2.45, 2.75) is 53.1 Å². The van der Waals surface area contributed by atoms with Crippen molar-refractivity contribution in [2.75, 3.05) is 26.2 Å². The van der Waals surface area contributed by atoms with E-state index in [0.29, 0.717) is 12.6 Å². The van der Waals surface area contributed by atoms with E-state index in [2.05, 4.69) is 60.7 Å². The van der Waals surface area contributed by atoms with Gasteiger partial charge in [-0.15, -0.1) is 11.3 Å². The molecule has 154 valence electrons. The summed E-state index contributed by atoms with van der Waals surface area (Å²) in [7, 11) is 0. The van der Waals surface area contributed by atoms with Gasteiger partial charge in [-0.05, 0) is 46.3 Å². The van der Waals surface area contributed by atoms with Crippen molar-refractivity contribution in [1.82, 2.24) is 20.5 Å². The summed E-state index contributed by atoms with van der Waals surface area (Å²) in [6.07, 6.45) is 2.33. The summed E-state index contributed by atoms with van der Waals surface area (Å²) in [5.41, 5.74) is 2.18. The van der Waals surface area contributed by atoms with Gasteiger partial charge in [0.1, 0.15) is 5.01 Å². The Labute approximate surface area is 174 Å². The fraction of sp³-hybridized carbons (Fsp3) is 0.545. The summed E-state index contributed by atoms with van der Waals surface area (Å²) in [4.78, 5) is 11.9. The molecule has 0 amide bonds. The van der Waals surface area contributed by atoms with Gasteiger partial charge in [0.05, 0.1) is 12.2 Å². The standard InChI is InChI=1S/C22H35N5S/c1-5-23-22(25-18(4)12-11-15-27(6-2)7-3)24-16-21-26-20(17-28-21)19-13-9-8-10-14-19/h8-10,13-14,17-18H,5-7,11-12,15-16H2,1-4H3,(H2,23,24,25). The van der Waals surface area contributed by atoms with E-state index in [1.54, 1.807) is 11.3 Å². The van der Waals surface area contributed by atoms with Crippen LogP contribution in [-0.4, -0.2) is 48.1 Å². The molecule has 0 aliphatic heterocycles. The van der Waals surface area contributed by atoms with Gasteiger partial charge < -0.3 is 15.5 Å². The first-order valence-electron chi connectivity index (χ1n) is 10.4. The van der Waals surface area contributed by atoms with E-state index < -0.39 is 0 Å². The Kier molecular flexibility index (Phi) is 10.0. The van der Waals surface area contributed by atoms with Crippen molar-refractivity contribution < 1.29 is 0 Å². The maximum atomic E-state index is 4.74. The van der Waals surface area contributed by atoms with E-state index in [4.69, 9.17) is 9.98 Å². The Morgan fingerprint density at radius 2 is 1.93 bits per heavy atom. The molecule has 0 fully saturated rings. The SMILES string of the molecule is CCNC(=NCc1nc(-c2ccccc2)cs1)NC(C)CCCN(CC)CC. The van der Waals surface area contributed by atoms with E-state index >= 15 is 0 Å². The zero-order chi connectivity index (χ0) is 20.2. The highest BCUT2D eigenvalue weighted by Gasteiger charge is 2.08. The molecule has 1 aromatic heterocycles. The van der Waals surface area contributed by atoms with Crippen LogP contribution in [0.2, 0.25) is 0 Å². The van der Waals surface area contributed by atoms with E-state index in [1.807, 2.05) is 18.2 Å². The molecule has 0 saturated carbocycles. The van der Waals surface area contributed by atoms with Crippen molar-refractivity contribution in [2.24, 2.45) is 4.99 Å². The van der Waals surface area contributed by atoms with E-state index in [1.165, 1.54) is 6.42 Å². The Morgan fingerprint density at radius 3 is 2.61 bits per heavy atom. The van der Waals surface area contributed by atoms with Crippen molar-refractivity contribution >= 4 is 17.3 Å². The van der Waals surface area contributed by atoms with Crippen molar-refractivity contribution in [3.8, 4) is 11.3 Å². The lowest BCUT2D eigenvalue weighted by molar-refractivity contribution is 0.292. The summed E-state index contributed by atoms with van der Waals surface area (Å²) < 4.78 is 0. The fourth-order valence-electron chi connectivity index (χ4n) is 3.06. The molecule has 6 heteroatoms. The number of hydrogen-bond donors (Lipinski definition) is 2. The average molecular weight is 402 g/mol. The van der Waals surface area contributed by atoms with Gasteiger partial charge in [0.2, 0.25) is 0 Å². The van der Waals surface area contributed by atoms with Gasteiger partial charge in [0, 0.05) is 23.5 Å². The van der Waals surface area contributed by atoms with Gasteiger partial charge in [0.25, 0.3) is 0 Å². The topological polar surface area (TPSA) is 52.6 Å². The molecular weight excluding hydrogens is 366 g/mol. The molecule has 1 heterocycles. The van der Waals surface area contributed by atoms with Crippen LogP contribution in [-0.2, 0) is 6.54 Å². The quantitative estimate of drug-likeness (QED) is 0.433. The Balaban J connectivity index is 1.87. The highest BCUT2D eigenvalue weighted by molar-refractivity contribution is 7.09. The molecule has 0 radical (unpaired) electrons. The van der Waals surface area contributed by atoms with Gasteiger partial charge in [0.15, 0.2) is 5.96 Å². The number of guanidine groups is 1. The first-order chi connectivity index (χ1) is 13.7. The smallest absolute Gasteiger partial charge is 0.191 e. The number of rotatable bonds is 11. The maximum Gasteiger partial charge on any atom is 0.191 e. The van der Waals surface area contributed by atoms with Crippen molar-refractivity contribution in [3.63, 3.8) is 0 Å². The van der Waals surface area contributed by atoms with Crippen LogP contribution in [0.15, 0.2) is 40.7 Å². The number of hydrogen-bond acceptors (Lipinski definition) is 4. The minimum absolute atomic E-state index is 0.393. The molecule has 0 aliphatic carbocycles. The lowest BCUT2D eigenvalue weighted by Gasteiger charge is -2.21. The molecule has 5 nitrogen and oxygen atoms in total. The van der Waals surface area contributed by atoms with Crippen LogP contribution in [0.25, 0.3) is 11.3 Å². The van der Waals surface area contributed by atoms with Gasteiger partial charge in [-0.3, -0.25) is 0 Å². The molecule has 2 N–H and O–H groups in total. The highest BCUT2D eigenvalue weighted by atomic mass is 32.1. The number of thiazole rings is 1. The average Bonchev–Trinajstić information content (AvgIpc) is 3.19. The summed E-state index contributed by atoms with van der Waals surface area (Å²) in [5, 5.41) is 10.0. The lowest BCUT2D eigenvalue weighted by atomic mass is 10.2. The second kappa shape index (κ2) is 12.5. The third-order valence-corrected chi connectivity index (χ3v) is 5.56. The summed E-state index contributed by atoms with van der Waals surface area (Å²) in [6, 6.07) is 10.7. The van der Waals surface area contributed by atoms with Crippen LogP contribution in [0.1, 0.15) is 45.5 Å². The number of aromatic nitrogens is 1. The van der Waals surface area contributed by atoms with Crippen LogP contribution in [0.5, 0.6) is 0 Å². The number of nitrogens with one attached hydrogen (secondary N) is 2. The predicted molar refractivity (Wildman–Crippen MR) is 122 cm³/mol. The van der Waals surface area contributed by atoms with E-state index in [-0.39, 0.29) is 0 Å². The third-order valence-electron chi connectivity index (χ3n) is 4.73. The zero-order valence-electron chi connectivity index (χ0n) is 17.7. The monoisotopic (exact) mass is 401 g/mol. The Hall–Kier alpha value is -1.92. The molecule has 1 aromatic carbocycles. The maximum absolute atomic E-state index is 4.74. The van der Waals surface area contributed by atoms with E-state index in [9.17, 15) is 0 Å². The molecule has 2 rings (SSSR count). The second-order valence-electron chi connectivity index (χ2n) is 6.90. The predicted octanol–water partition coefficient (Wildman–Crippen LogP) is 4.38. The molecule has 1 atom stereocenters. The molecule has 28 heavy (non-hydrogen) atoms. The number of nitrogens with zero attached hydrogens (tertiary/aromatic N) is 3. The highest BCUT2D eigenvalue weighted by Crippen LogP contribution is 2.21. The number of aliphatic imine (C=N–C) groups is 1.